The third-order valence-corrected chi connectivity index (χ3v) is 10.7. The van der Waals surface area contributed by atoms with Crippen LogP contribution in [0, 0.1) is 40.0 Å². The Morgan fingerprint density at radius 1 is 0.574 bits per heavy atom. The average Bonchev–Trinajstić information content (AvgIpc) is 3.58. The van der Waals surface area contributed by atoms with Crippen molar-refractivity contribution >= 4 is 50.4 Å². The SMILES string of the molecule is CCCc1cc2nc(C(C)(C)C)ccc2c2nc(N(c3nc4c5ccc(C(C)(C)C)nc5cc(CC(C)(C)C)n4c3C)c3c(C)cc(C)cc3C)c(C)n12. The van der Waals surface area contributed by atoms with Gasteiger partial charge in [-0.1, -0.05) is 93.4 Å². The largest absolute Gasteiger partial charge is 0.298 e. The number of pyridine rings is 4. The molecule has 0 aliphatic heterocycles. The van der Waals surface area contributed by atoms with Gasteiger partial charge in [0.25, 0.3) is 0 Å². The van der Waals surface area contributed by atoms with E-state index >= 15 is 0 Å². The van der Waals surface area contributed by atoms with Crippen LogP contribution in [0.5, 0.6) is 0 Å². The smallest absolute Gasteiger partial charge is 0.161 e. The van der Waals surface area contributed by atoms with Crippen LogP contribution in [-0.4, -0.2) is 28.7 Å². The number of hydrogen-bond donors (Lipinski definition) is 0. The zero-order valence-corrected chi connectivity index (χ0v) is 35.4. The molecule has 0 bridgehead atoms. The van der Waals surface area contributed by atoms with E-state index in [-0.39, 0.29) is 16.2 Å². The predicted molar refractivity (Wildman–Crippen MR) is 227 cm³/mol. The maximum atomic E-state index is 5.64. The monoisotopic (exact) mass is 721 g/mol. The van der Waals surface area contributed by atoms with Crippen molar-refractivity contribution in [3.8, 4) is 0 Å². The van der Waals surface area contributed by atoms with Crippen LogP contribution in [-0.2, 0) is 23.7 Å². The zero-order chi connectivity index (χ0) is 39.2. The van der Waals surface area contributed by atoms with E-state index in [2.05, 4.69) is 166 Å². The average molecular weight is 722 g/mol. The van der Waals surface area contributed by atoms with E-state index in [1.807, 2.05) is 0 Å². The Morgan fingerprint density at radius 3 is 1.44 bits per heavy atom. The molecule has 7 nitrogen and oxygen atoms in total. The maximum absolute atomic E-state index is 5.64. The fourth-order valence-electron chi connectivity index (χ4n) is 8.25. The first-order valence-corrected chi connectivity index (χ1v) is 19.7. The van der Waals surface area contributed by atoms with Crippen LogP contribution < -0.4 is 4.90 Å². The van der Waals surface area contributed by atoms with Crippen LogP contribution in [0.4, 0.5) is 17.3 Å². The Balaban J connectivity index is 1.60. The summed E-state index contributed by atoms with van der Waals surface area (Å²) in [4.78, 5) is 24.1. The lowest BCUT2D eigenvalue weighted by atomic mass is 9.89. The molecular formula is C47H59N7. The van der Waals surface area contributed by atoms with E-state index in [4.69, 9.17) is 19.9 Å². The number of nitrogens with zero attached hydrogens (tertiary/aromatic N) is 7. The fourth-order valence-corrected chi connectivity index (χ4v) is 8.25. The van der Waals surface area contributed by atoms with E-state index < -0.39 is 0 Å². The van der Waals surface area contributed by atoms with Gasteiger partial charge in [-0.3, -0.25) is 23.7 Å². The van der Waals surface area contributed by atoms with Crippen molar-refractivity contribution in [1.29, 1.82) is 0 Å². The van der Waals surface area contributed by atoms with Gasteiger partial charge < -0.3 is 0 Å². The summed E-state index contributed by atoms with van der Waals surface area (Å²) in [6, 6.07) is 17.9. The minimum Gasteiger partial charge on any atom is -0.298 e. The molecule has 0 saturated carbocycles. The molecule has 6 aromatic heterocycles. The topological polar surface area (TPSA) is 63.6 Å². The third-order valence-electron chi connectivity index (χ3n) is 10.7. The highest BCUT2D eigenvalue weighted by Gasteiger charge is 2.30. The van der Waals surface area contributed by atoms with Crippen LogP contribution in [0.2, 0.25) is 0 Å². The molecule has 282 valence electrons. The van der Waals surface area contributed by atoms with Crippen molar-refractivity contribution in [3.63, 3.8) is 0 Å². The summed E-state index contributed by atoms with van der Waals surface area (Å²) < 4.78 is 4.75. The molecule has 0 aliphatic rings. The molecule has 0 atom stereocenters. The zero-order valence-electron chi connectivity index (χ0n) is 35.4. The van der Waals surface area contributed by atoms with Gasteiger partial charge in [0.15, 0.2) is 11.6 Å². The lowest BCUT2D eigenvalue weighted by Crippen LogP contribution is -2.17. The second-order valence-corrected chi connectivity index (χ2v) is 19.0. The van der Waals surface area contributed by atoms with Gasteiger partial charge in [0.05, 0.1) is 28.1 Å². The minimum absolute atomic E-state index is 0.0543. The van der Waals surface area contributed by atoms with Gasteiger partial charge in [-0.05, 0) is 100 Å². The van der Waals surface area contributed by atoms with Crippen LogP contribution in [0.1, 0.15) is 127 Å². The molecule has 0 radical (unpaired) electrons. The van der Waals surface area contributed by atoms with Crippen LogP contribution in [0.15, 0.2) is 48.5 Å². The second kappa shape index (κ2) is 12.9. The summed E-state index contributed by atoms with van der Waals surface area (Å²) in [7, 11) is 0. The van der Waals surface area contributed by atoms with E-state index in [1.165, 1.54) is 28.1 Å². The first-order chi connectivity index (χ1) is 25.2. The van der Waals surface area contributed by atoms with Crippen molar-refractivity contribution in [3.05, 3.63) is 99.4 Å². The van der Waals surface area contributed by atoms with Crippen molar-refractivity contribution in [2.75, 3.05) is 4.90 Å². The van der Waals surface area contributed by atoms with Gasteiger partial charge in [0, 0.05) is 44.4 Å². The first kappa shape index (κ1) is 37.5. The molecule has 7 heteroatoms. The lowest BCUT2D eigenvalue weighted by molar-refractivity contribution is 0.404. The number of hydrogen-bond acceptors (Lipinski definition) is 5. The number of benzene rings is 1. The summed E-state index contributed by atoms with van der Waals surface area (Å²) in [6.07, 6.45) is 2.82. The van der Waals surface area contributed by atoms with Gasteiger partial charge in [-0.15, -0.1) is 0 Å². The van der Waals surface area contributed by atoms with Gasteiger partial charge in [0.2, 0.25) is 0 Å². The molecule has 1 aromatic carbocycles. The van der Waals surface area contributed by atoms with Crippen LogP contribution in [0.3, 0.4) is 0 Å². The molecule has 0 amide bonds. The Morgan fingerprint density at radius 2 is 1.02 bits per heavy atom. The summed E-state index contributed by atoms with van der Waals surface area (Å²) in [5.41, 5.74) is 15.3. The Bertz CT molecular complexity index is 2570. The molecule has 7 aromatic rings. The van der Waals surface area contributed by atoms with Crippen molar-refractivity contribution in [2.45, 2.75) is 134 Å². The van der Waals surface area contributed by atoms with E-state index in [9.17, 15) is 0 Å². The van der Waals surface area contributed by atoms with Crippen molar-refractivity contribution in [2.24, 2.45) is 5.41 Å². The highest BCUT2D eigenvalue weighted by Crippen LogP contribution is 2.44. The van der Waals surface area contributed by atoms with Gasteiger partial charge in [0.1, 0.15) is 11.3 Å². The predicted octanol–water partition coefficient (Wildman–Crippen LogP) is 12.2. The third kappa shape index (κ3) is 6.43. The molecule has 0 saturated heterocycles. The first-order valence-electron chi connectivity index (χ1n) is 19.7. The Labute approximate surface area is 321 Å². The highest BCUT2D eigenvalue weighted by molar-refractivity contribution is 5.96. The van der Waals surface area contributed by atoms with Gasteiger partial charge >= 0.3 is 0 Å². The number of rotatable bonds is 6. The second-order valence-electron chi connectivity index (χ2n) is 19.0. The summed E-state index contributed by atoms with van der Waals surface area (Å²) in [6.45, 7) is 33.5. The minimum atomic E-state index is -0.0659. The molecule has 0 N–H and O–H groups in total. The number of aromatic nitrogens is 6. The van der Waals surface area contributed by atoms with Crippen LogP contribution >= 0.6 is 0 Å². The van der Waals surface area contributed by atoms with E-state index in [0.717, 1.165) is 92.5 Å². The fraction of sp³-hybridized carbons (Fsp3) is 0.447. The molecule has 0 fully saturated rings. The maximum Gasteiger partial charge on any atom is 0.161 e. The number of fused-ring (bicyclic) bond motifs is 6. The van der Waals surface area contributed by atoms with Gasteiger partial charge in [-0.2, -0.15) is 0 Å². The molecule has 7 rings (SSSR count). The van der Waals surface area contributed by atoms with E-state index in [1.54, 1.807) is 0 Å². The number of imidazole rings is 2. The molecule has 6 heterocycles. The Kier molecular flexibility index (Phi) is 8.98. The standard InChI is InChI=1S/C47H59N7/c1-16-17-32-24-36-34(18-20-38(48-36)46(10,11)12)43-50-41(30(5)52(32)43)54(40-28(3)22-27(2)23-29(40)4)42-31(6)53-33(26-45(7,8)9)25-37-35(44(53)51-42)19-21-39(49-37)47(13,14)15/h18-25H,16-17,26H2,1-15H3. The number of anilines is 3. The normalized spacial score (nSPS) is 12.9. The molecule has 0 spiro atoms. The van der Waals surface area contributed by atoms with E-state index in [0.29, 0.717) is 0 Å². The molecular weight excluding hydrogens is 663 g/mol. The summed E-state index contributed by atoms with van der Waals surface area (Å²) in [5.74, 6) is 1.77. The molecule has 0 unspecified atom stereocenters. The molecule has 54 heavy (non-hydrogen) atoms. The Hall–Kier alpha value is -4.78. The highest BCUT2D eigenvalue weighted by atomic mass is 15.3. The van der Waals surface area contributed by atoms with Gasteiger partial charge in [-0.25, -0.2) is 9.97 Å². The lowest BCUT2D eigenvalue weighted by Gasteiger charge is -2.26. The van der Waals surface area contributed by atoms with Crippen LogP contribution in [0.25, 0.3) is 33.1 Å². The quantitative estimate of drug-likeness (QED) is 0.171. The molecule has 0 aliphatic carbocycles. The van der Waals surface area contributed by atoms with Crippen molar-refractivity contribution < 1.29 is 0 Å². The summed E-state index contributed by atoms with van der Waals surface area (Å²) >= 11 is 0. The van der Waals surface area contributed by atoms with Crippen molar-refractivity contribution in [1.82, 2.24) is 28.7 Å². The summed E-state index contributed by atoms with van der Waals surface area (Å²) in [5, 5.41) is 2.11. The number of aryl methyl sites for hydroxylation is 6.